The van der Waals surface area contributed by atoms with Gasteiger partial charge in [0.25, 0.3) is 0 Å². The average molecular weight is 272 g/mol. The van der Waals surface area contributed by atoms with Crippen LogP contribution < -0.4 is 5.73 Å². The van der Waals surface area contributed by atoms with Crippen molar-refractivity contribution >= 4 is 11.3 Å². The fourth-order valence-corrected chi connectivity index (χ4v) is 3.75. The molecule has 0 aliphatic heterocycles. The van der Waals surface area contributed by atoms with Gasteiger partial charge in [-0.15, -0.1) is 11.3 Å². The third kappa shape index (κ3) is 2.33. The first-order valence-corrected chi connectivity index (χ1v) is 7.81. The maximum atomic E-state index is 6.55. The number of hydrogen-bond donors (Lipinski definition) is 1. The van der Waals surface area contributed by atoms with Crippen LogP contribution in [0, 0.1) is 6.92 Å². The van der Waals surface area contributed by atoms with Crippen LogP contribution in [-0.4, -0.2) is 11.0 Å². The summed E-state index contributed by atoms with van der Waals surface area (Å²) in [7, 11) is 0. The van der Waals surface area contributed by atoms with Crippen molar-refractivity contribution in [3.8, 4) is 0 Å². The van der Waals surface area contributed by atoms with Crippen molar-refractivity contribution in [3.05, 3.63) is 52.0 Å². The number of nitrogens with two attached hydrogens (primary N) is 1. The van der Waals surface area contributed by atoms with E-state index in [1.54, 1.807) is 11.3 Å². The molecule has 1 heterocycles. The van der Waals surface area contributed by atoms with Crippen LogP contribution in [0.4, 0.5) is 0 Å². The molecular weight excluding hydrogens is 252 g/mol. The summed E-state index contributed by atoms with van der Waals surface area (Å²) in [5.41, 5.74) is 9.28. The molecule has 1 aromatic heterocycles. The van der Waals surface area contributed by atoms with Crippen LogP contribution in [0.2, 0.25) is 0 Å². The molecule has 0 amide bonds. The molecule has 3 heteroatoms. The van der Waals surface area contributed by atoms with Gasteiger partial charge in [0.1, 0.15) is 0 Å². The topological polar surface area (TPSA) is 38.9 Å². The van der Waals surface area contributed by atoms with Crippen molar-refractivity contribution in [3.63, 3.8) is 0 Å². The molecule has 2 N–H and O–H groups in total. The molecule has 1 atom stereocenters. The lowest BCUT2D eigenvalue weighted by Gasteiger charge is -2.47. The van der Waals surface area contributed by atoms with Crippen LogP contribution >= 0.6 is 11.3 Å². The first-order valence-electron chi connectivity index (χ1n) is 6.93. The number of hydrogen-bond acceptors (Lipinski definition) is 3. The van der Waals surface area contributed by atoms with Crippen molar-refractivity contribution in [2.45, 2.75) is 44.1 Å². The summed E-state index contributed by atoms with van der Waals surface area (Å²) >= 11 is 1.71. The Hall–Kier alpha value is -1.19. The molecule has 100 valence electrons. The van der Waals surface area contributed by atoms with Crippen LogP contribution in [0.1, 0.15) is 35.5 Å². The van der Waals surface area contributed by atoms with Crippen molar-refractivity contribution in [1.29, 1.82) is 0 Å². The smallest absolute Gasteiger partial charge is 0.0897 e. The van der Waals surface area contributed by atoms with Gasteiger partial charge in [0.2, 0.25) is 0 Å². The molecule has 0 bridgehead atoms. The SMILES string of the molecule is Cc1nc(CC(N)C2(c3ccccc3)CCC2)cs1. The van der Waals surface area contributed by atoms with Gasteiger partial charge >= 0.3 is 0 Å². The van der Waals surface area contributed by atoms with Crippen molar-refractivity contribution in [2.24, 2.45) is 5.73 Å². The summed E-state index contributed by atoms with van der Waals surface area (Å²) in [6, 6.07) is 10.9. The third-order valence-corrected chi connectivity index (χ3v) is 5.22. The van der Waals surface area contributed by atoms with E-state index in [2.05, 4.69) is 47.6 Å². The van der Waals surface area contributed by atoms with E-state index in [1.165, 1.54) is 24.8 Å². The van der Waals surface area contributed by atoms with Crippen LogP contribution in [0.25, 0.3) is 0 Å². The van der Waals surface area contributed by atoms with Gasteiger partial charge in [0, 0.05) is 23.3 Å². The van der Waals surface area contributed by atoms with Gasteiger partial charge in [0.15, 0.2) is 0 Å². The van der Waals surface area contributed by atoms with Gasteiger partial charge in [-0.25, -0.2) is 4.98 Å². The number of nitrogens with zero attached hydrogens (tertiary/aromatic N) is 1. The zero-order valence-corrected chi connectivity index (χ0v) is 12.1. The average Bonchev–Trinajstić information content (AvgIpc) is 2.75. The van der Waals surface area contributed by atoms with E-state index in [1.807, 2.05) is 0 Å². The summed E-state index contributed by atoms with van der Waals surface area (Å²) in [5, 5.41) is 3.27. The Morgan fingerprint density at radius 2 is 2.05 bits per heavy atom. The molecule has 1 aromatic carbocycles. The van der Waals surface area contributed by atoms with Crippen molar-refractivity contribution in [2.75, 3.05) is 0 Å². The van der Waals surface area contributed by atoms with Gasteiger partial charge in [-0.1, -0.05) is 36.8 Å². The molecule has 1 fully saturated rings. The van der Waals surface area contributed by atoms with Gasteiger partial charge in [-0.05, 0) is 25.3 Å². The number of benzene rings is 1. The van der Waals surface area contributed by atoms with E-state index < -0.39 is 0 Å². The van der Waals surface area contributed by atoms with Crippen molar-refractivity contribution < 1.29 is 0 Å². The maximum absolute atomic E-state index is 6.55. The van der Waals surface area contributed by atoms with Gasteiger partial charge in [-0.3, -0.25) is 0 Å². The third-order valence-electron chi connectivity index (χ3n) is 4.40. The second-order valence-corrected chi connectivity index (χ2v) is 6.61. The normalized spacial score (nSPS) is 18.8. The Bertz CT molecular complexity index is 543. The monoisotopic (exact) mass is 272 g/mol. The Labute approximate surface area is 118 Å². The molecule has 2 nitrogen and oxygen atoms in total. The fraction of sp³-hybridized carbons (Fsp3) is 0.438. The maximum Gasteiger partial charge on any atom is 0.0897 e. The predicted molar refractivity (Wildman–Crippen MR) is 80.5 cm³/mol. The van der Waals surface area contributed by atoms with E-state index in [0.717, 1.165) is 17.1 Å². The molecule has 1 aliphatic carbocycles. The minimum Gasteiger partial charge on any atom is -0.327 e. The number of rotatable bonds is 4. The summed E-state index contributed by atoms with van der Waals surface area (Å²) in [5.74, 6) is 0. The van der Waals surface area contributed by atoms with Crippen molar-refractivity contribution in [1.82, 2.24) is 4.98 Å². The highest BCUT2D eigenvalue weighted by Gasteiger charge is 2.43. The highest BCUT2D eigenvalue weighted by molar-refractivity contribution is 7.09. The largest absolute Gasteiger partial charge is 0.327 e. The Morgan fingerprint density at radius 1 is 1.32 bits per heavy atom. The molecule has 2 aromatic rings. The minimum absolute atomic E-state index is 0.171. The van der Waals surface area contributed by atoms with E-state index in [9.17, 15) is 0 Å². The van der Waals surface area contributed by atoms with Crippen LogP contribution in [-0.2, 0) is 11.8 Å². The lowest BCUT2D eigenvalue weighted by Crippen LogP contribution is -2.51. The lowest BCUT2D eigenvalue weighted by atomic mass is 9.59. The zero-order valence-electron chi connectivity index (χ0n) is 11.3. The molecule has 3 rings (SSSR count). The van der Waals surface area contributed by atoms with E-state index in [0.29, 0.717) is 0 Å². The molecule has 0 saturated heterocycles. The standard InChI is InChI=1S/C16H20N2S/c1-12-18-14(11-19-12)10-15(17)16(8-5-9-16)13-6-3-2-4-7-13/h2-4,6-7,11,15H,5,8-10,17H2,1H3. The summed E-state index contributed by atoms with van der Waals surface area (Å²) in [4.78, 5) is 4.55. The predicted octanol–water partition coefficient (Wildman–Crippen LogP) is 3.44. The second kappa shape index (κ2) is 5.06. The summed E-state index contributed by atoms with van der Waals surface area (Å²) in [6.07, 6.45) is 4.60. The number of aryl methyl sites for hydroxylation is 1. The van der Waals surface area contributed by atoms with Crippen LogP contribution in [0.15, 0.2) is 35.7 Å². The molecule has 0 radical (unpaired) electrons. The molecular formula is C16H20N2S. The summed E-state index contributed by atoms with van der Waals surface area (Å²) in [6.45, 7) is 2.05. The molecule has 19 heavy (non-hydrogen) atoms. The number of aromatic nitrogens is 1. The summed E-state index contributed by atoms with van der Waals surface area (Å²) < 4.78 is 0. The van der Waals surface area contributed by atoms with E-state index in [4.69, 9.17) is 5.73 Å². The second-order valence-electron chi connectivity index (χ2n) is 5.54. The molecule has 0 spiro atoms. The first kappa shape index (κ1) is 12.8. The van der Waals surface area contributed by atoms with Crippen LogP contribution in [0.3, 0.4) is 0 Å². The Morgan fingerprint density at radius 3 is 2.58 bits per heavy atom. The highest BCUT2D eigenvalue weighted by Crippen LogP contribution is 2.46. The van der Waals surface area contributed by atoms with E-state index >= 15 is 0 Å². The Kier molecular flexibility index (Phi) is 3.42. The zero-order chi connectivity index (χ0) is 13.3. The molecule has 1 saturated carbocycles. The van der Waals surface area contributed by atoms with Gasteiger partial charge < -0.3 is 5.73 Å². The van der Waals surface area contributed by atoms with Crippen LogP contribution in [0.5, 0.6) is 0 Å². The fourth-order valence-electron chi connectivity index (χ4n) is 3.12. The van der Waals surface area contributed by atoms with Gasteiger partial charge in [-0.2, -0.15) is 0 Å². The quantitative estimate of drug-likeness (QED) is 0.926. The first-order chi connectivity index (χ1) is 9.21. The Balaban J connectivity index is 1.82. The van der Waals surface area contributed by atoms with Gasteiger partial charge in [0.05, 0.1) is 10.7 Å². The lowest BCUT2D eigenvalue weighted by molar-refractivity contribution is 0.194. The molecule has 1 unspecified atom stereocenters. The minimum atomic E-state index is 0.171. The molecule has 1 aliphatic rings. The number of thiazole rings is 1. The van der Waals surface area contributed by atoms with E-state index in [-0.39, 0.29) is 11.5 Å². The highest BCUT2D eigenvalue weighted by atomic mass is 32.1.